The molecule has 0 unspecified atom stereocenters. The second kappa shape index (κ2) is 7.69. The van der Waals surface area contributed by atoms with Crippen LogP contribution in [0.3, 0.4) is 0 Å². The number of ether oxygens (including phenoxy) is 1. The van der Waals surface area contributed by atoms with Gasteiger partial charge >= 0.3 is 0 Å². The number of hydrogen-bond acceptors (Lipinski definition) is 4. The van der Waals surface area contributed by atoms with E-state index in [1.54, 1.807) is 0 Å². The van der Waals surface area contributed by atoms with E-state index in [0.717, 1.165) is 37.1 Å². The van der Waals surface area contributed by atoms with Gasteiger partial charge in [0.2, 0.25) is 0 Å². The number of likely N-dealkylation sites (tertiary alicyclic amines) is 1. The number of aliphatic hydroxyl groups excluding tert-OH is 1. The molecule has 1 aromatic carbocycles. The van der Waals surface area contributed by atoms with Gasteiger partial charge in [-0.25, -0.2) is 4.39 Å². The molecule has 1 aliphatic rings. The first kappa shape index (κ1) is 15.4. The summed E-state index contributed by atoms with van der Waals surface area (Å²) < 4.78 is 19.4. The molecule has 5 heteroatoms. The Hall–Kier alpha value is -1.01. The Kier molecular flexibility index (Phi) is 5.91. The first-order valence-electron chi connectivity index (χ1n) is 7.15. The van der Waals surface area contributed by atoms with Crippen LogP contribution in [0.1, 0.15) is 24.0 Å². The summed E-state index contributed by atoms with van der Waals surface area (Å²) in [6, 6.07) is 5.23. The molecular formula is C15H23FN2O2. The van der Waals surface area contributed by atoms with E-state index in [1.165, 1.54) is 6.07 Å². The van der Waals surface area contributed by atoms with Gasteiger partial charge in [-0.05, 0) is 24.5 Å². The normalized spacial score (nSPS) is 17.6. The third-order valence-corrected chi connectivity index (χ3v) is 3.73. The molecule has 2 rings (SSSR count). The Balaban J connectivity index is 1.83. The molecule has 0 radical (unpaired) electrons. The zero-order chi connectivity index (χ0) is 14.4. The molecule has 3 N–H and O–H groups in total. The Bertz CT molecular complexity index is 420. The van der Waals surface area contributed by atoms with E-state index >= 15 is 0 Å². The Morgan fingerprint density at radius 2 is 2.10 bits per heavy atom. The number of rotatable bonds is 6. The second-order valence-corrected chi connectivity index (χ2v) is 5.20. The minimum atomic E-state index is -0.174. The average molecular weight is 282 g/mol. The highest BCUT2D eigenvalue weighted by molar-refractivity contribution is 5.24. The summed E-state index contributed by atoms with van der Waals surface area (Å²) >= 11 is 0. The van der Waals surface area contributed by atoms with Crippen LogP contribution in [0.25, 0.3) is 0 Å². The lowest BCUT2D eigenvalue weighted by Gasteiger charge is -2.31. The van der Waals surface area contributed by atoms with Crippen LogP contribution >= 0.6 is 0 Å². The highest BCUT2D eigenvalue weighted by Gasteiger charge is 2.20. The number of hydrogen-bond donors (Lipinski definition) is 2. The Labute approximate surface area is 119 Å². The molecule has 0 atom stereocenters. The molecule has 1 saturated heterocycles. The van der Waals surface area contributed by atoms with Gasteiger partial charge < -0.3 is 15.6 Å². The summed E-state index contributed by atoms with van der Waals surface area (Å²) in [6.07, 6.45) is 2.09. The van der Waals surface area contributed by atoms with Crippen molar-refractivity contribution in [3.8, 4) is 0 Å². The molecule has 1 aromatic rings. The molecule has 1 heterocycles. The molecule has 1 fully saturated rings. The lowest BCUT2D eigenvalue weighted by molar-refractivity contribution is -0.00914. The predicted molar refractivity (Wildman–Crippen MR) is 75.6 cm³/mol. The molecule has 20 heavy (non-hydrogen) atoms. The van der Waals surface area contributed by atoms with Gasteiger partial charge in [0.15, 0.2) is 0 Å². The van der Waals surface area contributed by atoms with Gasteiger partial charge in [0, 0.05) is 31.7 Å². The first-order valence-corrected chi connectivity index (χ1v) is 7.15. The van der Waals surface area contributed by atoms with Crippen LogP contribution in [-0.4, -0.2) is 42.4 Å². The number of halogens is 1. The van der Waals surface area contributed by atoms with E-state index in [0.29, 0.717) is 19.7 Å². The summed E-state index contributed by atoms with van der Waals surface area (Å²) in [5.41, 5.74) is 7.04. The smallest absolute Gasteiger partial charge is 0.128 e. The molecule has 1 aliphatic heterocycles. The van der Waals surface area contributed by atoms with Crippen molar-refractivity contribution in [1.29, 1.82) is 0 Å². The first-order chi connectivity index (χ1) is 9.72. The molecule has 4 nitrogen and oxygen atoms in total. The summed E-state index contributed by atoms with van der Waals surface area (Å²) in [5, 5.41) is 8.73. The Morgan fingerprint density at radius 3 is 2.70 bits per heavy atom. The van der Waals surface area contributed by atoms with E-state index in [1.807, 2.05) is 12.1 Å². The highest BCUT2D eigenvalue weighted by Crippen LogP contribution is 2.18. The Morgan fingerprint density at radius 1 is 1.35 bits per heavy atom. The van der Waals surface area contributed by atoms with Crippen molar-refractivity contribution in [2.45, 2.75) is 32.0 Å². The molecule has 0 aromatic heterocycles. The van der Waals surface area contributed by atoms with Crippen molar-refractivity contribution in [3.63, 3.8) is 0 Å². The van der Waals surface area contributed by atoms with Crippen LogP contribution in [0, 0.1) is 5.82 Å². The van der Waals surface area contributed by atoms with Gasteiger partial charge in [0.1, 0.15) is 5.82 Å². The van der Waals surface area contributed by atoms with Gasteiger partial charge in [0.25, 0.3) is 0 Å². The zero-order valence-corrected chi connectivity index (χ0v) is 11.7. The molecule has 0 aliphatic carbocycles. The SMILES string of the molecule is NCc1ccc(CN2CCC(OCCO)CC2)c(F)c1. The lowest BCUT2D eigenvalue weighted by Crippen LogP contribution is -2.37. The van der Waals surface area contributed by atoms with Crippen LogP contribution in [-0.2, 0) is 17.8 Å². The van der Waals surface area contributed by atoms with Gasteiger partial charge in [-0.1, -0.05) is 12.1 Å². The van der Waals surface area contributed by atoms with Crippen LogP contribution in [0.5, 0.6) is 0 Å². The van der Waals surface area contributed by atoms with Crippen molar-refractivity contribution in [2.24, 2.45) is 5.73 Å². The van der Waals surface area contributed by atoms with Crippen LogP contribution in [0.4, 0.5) is 4.39 Å². The topological polar surface area (TPSA) is 58.7 Å². The van der Waals surface area contributed by atoms with E-state index in [9.17, 15) is 4.39 Å². The minimum absolute atomic E-state index is 0.0684. The largest absolute Gasteiger partial charge is 0.394 e. The van der Waals surface area contributed by atoms with Crippen molar-refractivity contribution >= 4 is 0 Å². The van der Waals surface area contributed by atoms with Crippen LogP contribution in [0.15, 0.2) is 18.2 Å². The maximum absolute atomic E-state index is 13.9. The van der Waals surface area contributed by atoms with E-state index < -0.39 is 0 Å². The van der Waals surface area contributed by atoms with Crippen molar-refractivity contribution in [3.05, 3.63) is 35.1 Å². The van der Waals surface area contributed by atoms with E-state index in [-0.39, 0.29) is 18.5 Å². The van der Waals surface area contributed by atoms with Gasteiger partial charge in [-0.3, -0.25) is 4.90 Å². The van der Waals surface area contributed by atoms with Gasteiger partial charge in [0.05, 0.1) is 19.3 Å². The standard InChI is InChI=1S/C15H23FN2O2/c16-15-9-12(10-17)1-2-13(15)11-18-5-3-14(4-6-18)20-8-7-19/h1-2,9,14,19H,3-8,10-11,17H2. The van der Waals surface area contributed by atoms with Crippen LogP contribution < -0.4 is 5.73 Å². The zero-order valence-electron chi connectivity index (χ0n) is 11.7. The van der Waals surface area contributed by atoms with Crippen molar-refractivity contribution in [2.75, 3.05) is 26.3 Å². The fourth-order valence-electron chi connectivity index (χ4n) is 2.54. The molecular weight excluding hydrogens is 259 g/mol. The number of nitrogens with zero attached hydrogens (tertiary/aromatic N) is 1. The number of piperidine rings is 1. The second-order valence-electron chi connectivity index (χ2n) is 5.20. The molecule has 0 saturated carbocycles. The third-order valence-electron chi connectivity index (χ3n) is 3.73. The molecule has 0 spiro atoms. The van der Waals surface area contributed by atoms with E-state index in [2.05, 4.69) is 4.90 Å². The summed E-state index contributed by atoms with van der Waals surface area (Å²) in [4.78, 5) is 2.24. The fraction of sp³-hybridized carbons (Fsp3) is 0.600. The van der Waals surface area contributed by atoms with Gasteiger partial charge in [-0.2, -0.15) is 0 Å². The third kappa shape index (κ3) is 4.24. The molecule has 0 bridgehead atoms. The monoisotopic (exact) mass is 282 g/mol. The number of aliphatic hydroxyl groups is 1. The van der Waals surface area contributed by atoms with E-state index in [4.69, 9.17) is 15.6 Å². The van der Waals surface area contributed by atoms with Crippen molar-refractivity contribution < 1.29 is 14.2 Å². The minimum Gasteiger partial charge on any atom is -0.394 e. The average Bonchev–Trinajstić information content (AvgIpc) is 2.48. The maximum atomic E-state index is 13.9. The number of benzene rings is 1. The quantitative estimate of drug-likeness (QED) is 0.824. The fourth-order valence-corrected chi connectivity index (χ4v) is 2.54. The lowest BCUT2D eigenvalue weighted by atomic mass is 10.1. The predicted octanol–water partition coefficient (Wildman–Crippen LogP) is 1.26. The van der Waals surface area contributed by atoms with Crippen LogP contribution in [0.2, 0.25) is 0 Å². The molecule has 112 valence electrons. The number of nitrogens with two attached hydrogens (primary N) is 1. The van der Waals surface area contributed by atoms with Gasteiger partial charge in [-0.15, -0.1) is 0 Å². The summed E-state index contributed by atoms with van der Waals surface area (Å²) in [7, 11) is 0. The molecule has 0 amide bonds. The maximum Gasteiger partial charge on any atom is 0.128 e. The summed E-state index contributed by atoms with van der Waals surface area (Å²) in [6.45, 7) is 3.26. The summed E-state index contributed by atoms with van der Waals surface area (Å²) in [5.74, 6) is -0.174. The van der Waals surface area contributed by atoms with Crippen molar-refractivity contribution in [1.82, 2.24) is 4.90 Å². The highest BCUT2D eigenvalue weighted by atomic mass is 19.1.